The van der Waals surface area contributed by atoms with Gasteiger partial charge in [0.05, 0.1) is 17.3 Å². The molecule has 0 saturated heterocycles. The summed E-state index contributed by atoms with van der Waals surface area (Å²) in [6.45, 7) is 8.59. The average Bonchev–Trinajstić information content (AvgIpc) is 2.78. The number of rotatable bonds is 8. The van der Waals surface area contributed by atoms with Crippen LogP contribution in [-0.2, 0) is 16.2 Å². The number of carbonyl (C=O) groups is 2. The van der Waals surface area contributed by atoms with Crippen molar-refractivity contribution in [2.75, 3.05) is 11.9 Å². The van der Waals surface area contributed by atoms with Crippen LogP contribution in [0.1, 0.15) is 34.7 Å². The number of amides is 2. The lowest BCUT2D eigenvalue weighted by Crippen LogP contribution is -2.32. The Balaban J connectivity index is 1.66. The third kappa shape index (κ3) is 7.68. The molecule has 0 aliphatic heterocycles. The molecule has 0 aliphatic carbocycles. The first kappa shape index (κ1) is 26.0. The van der Waals surface area contributed by atoms with Gasteiger partial charge in [0.1, 0.15) is 6.61 Å². The van der Waals surface area contributed by atoms with Crippen LogP contribution in [0.2, 0.25) is 0 Å². The number of nitrogens with zero attached hydrogens (tertiary/aromatic N) is 1. The third-order valence-corrected chi connectivity index (χ3v) is 5.45. The second-order valence-corrected chi connectivity index (χ2v) is 8.92. The van der Waals surface area contributed by atoms with Crippen LogP contribution in [-0.4, -0.2) is 24.6 Å². The molecule has 3 aromatic rings. The van der Waals surface area contributed by atoms with E-state index in [2.05, 4.69) is 37.8 Å². The highest BCUT2D eigenvalue weighted by atomic mass is 79.9. The van der Waals surface area contributed by atoms with Gasteiger partial charge in [0.2, 0.25) is 0 Å². The predicted molar refractivity (Wildman–Crippen MR) is 141 cm³/mol. The lowest BCUT2D eigenvalue weighted by Gasteiger charge is -2.15. The maximum Gasteiger partial charge on any atom is 0.329 e. The average molecular weight is 538 g/mol. The number of halogens is 1. The van der Waals surface area contributed by atoms with Crippen molar-refractivity contribution in [2.24, 2.45) is 5.10 Å². The Kier molecular flexibility index (Phi) is 9.03. The molecule has 0 saturated carbocycles. The zero-order chi connectivity index (χ0) is 25.4. The van der Waals surface area contributed by atoms with Crippen LogP contribution in [0.3, 0.4) is 0 Å². The second-order valence-electron chi connectivity index (χ2n) is 8.07. The molecule has 3 aromatic carbocycles. The largest absolute Gasteiger partial charge is 0.490 e. The Bertz CT molecular complexity index is 1240. The van der Waals surface area contributed by atoms with Crippen molar-refractivity contribution in [3.05, 3.63) is 86.9 Å². The van der Waals surface area contributed by atoms with E-state index in [9.17, 15) is 9.59 Å². The summed E-state index contributed by atoms with van der Waals surface area (Å²) >= 11 is 3.53. The molecule has 2 N–H and O–H groups in total. The van der Waals surface area contributed by atoms with Gasteiger partial charge in [-0.05, 0) is 90.1 Å². The molecular formula is C27H28BrN3O4. The molecule has 3 rings (SSSR count). The molecule has 182 valence electrons. The van der Waals surface area contributed by atoms with E-state index in [0.717, 1.165) is 22.3 Å². The van der Waals surface area contributed by atoms with Crippen molar-refractivity contribution < 1.29 is 19.1 Å². The summed E-state index contributed by atoms with van der Waals surface area (Å²) < 4.78 is 12.5. The fourth-order valence-electron chi connectivity index (χ4n) is 3.47. The monoisotopic (exact) mass is 537 g/mol. The van der Waals surface area contributed by atoms with E-state index in [1.807, 2.05) is 52.0 Å². The summed E-state index contributed by atoms with van der Waals surface area (Å²) in [7, 11) is 0. The normalized spacial score (nSPS) is 10.8. The minimum atomic E-state index is -0.873. The van der Waals surface area contributed by atoms with E-state index >= 15 is 0 Å². The van der Waals surface area contributed by atoms with E-state index in [-0.39, 0.29) is 0 Å². The van der Waals surface area contributed by atoms with E-state index in [0.29, 0.717) is 40.4 Å². The number of anilines is 1. The van der Waals surface area contributed by atoms with Gasteiger partial charge in [0.25, 0.3) is 0 Å². The number of hydrogen-bond donors (Lipinski definition) is 2. The minimum Gasteiger partial charge on any atom is -0.490 e. The molecular weight excluding hydrogens is 510 g/mol. The molecule has 0 unspecified atom stereocenters. The summed E-state index contributed by atoms with van der Waals surface area (Å²) in [5.74, 6) is -0.567. The smallest absolute Gasteiger partial charge is 0.329 e. The van der Waals surface area contributed by atoms with Crippen molar-refractivity contribution in [1.82, 2.24) is 5.43 Å². The van der Waals surface area contributed by atoms with Gasteiger partial charge < -0.3 is 14.8 Å². The molecule has 0 bridgehead atoms. The zero-order valence-corrected chi connectivity index (χ0v) is 21.7. The highest BCUT2D eigenvalue weighted by Crippen LogP contribution is 2.37. The van der Waals surface area contributed by atoms with Gasteiger partial charge in [-0.3, -0.25) is 9.59 Å². The van der Waals surface area contributed by atoms with Gasteiger partial charge in [0.15, 0.2) is 11.5 Å². The van der Waals surface area contributed by atoms with E-state index < -0.39 is 11.8 Å². The number of hydrogen-bond acceptors (Lipinski definition) is 5. The molecule has 2 amide bonds. The van der Waals surface area contributed by atoms with Gasteiger partial charge in [-0.15, -0.1) is 0 Å². The first-order chi connectivity index (χ1) is 16.7. The Morgan fingerprint density at radius 1 is 0.943 bits per heavy atom. The minimum absolute atomic E-state index is 0.388. The van der Waals surface area contributed by atoms with Crippen molar-refractivity contribution in [2.45, 2.75) is 34.3 Å². The SMILES string of the molecule is CCOc1cc(/C=N/NC(=O)C(=O)Nc2cc(C)cc(C)c2)cc(Br)c1OCc1cccc(C)c1. The maximum absolute atomic E-state index is 12.2. The highest BCUT2D eigenvalue weighted by Gasteiger charge is 2.14. The van der Waals surface area contributed by atoms with Crippen molar-refractivity contribution in [3.8, 4) is 11.5 Å². The number of hydrazone groups is 1. The number of ether oxygens (including phenoxy) is 2. The first-order valence-electron chi connectivity index (χ1n) is 11.1. The second kappa shape index (κ2) is 12.2. The van der Waals surface area contributed by atoms with Gasteiger partial charge in [-0.25, -0.2) is 5.43 Å². The Morgan fingerprint density at radius 2 is 1.69 bits per heavy atom. The number of benzene rings is 3. The Hall–Kier alpha value is -3.65. The van der Waals surface area contributed by atoms with E-state index in [1.54, 1.807) is 24.3 Å². The van der Waals surface area contributed by atoms with Crippen LogP contribution in [0.5, 0.6) is 11.5 Å². The predicted octanol–water partition coefficient (Wildman–Crippen LogP) is 5.44. The van der Waals surface area contributed by atoms with Crippen LogP contribution < -0.4 is 20.2 Å². The van der Waals surface area contributed by atoms with Crippen LogP contribution >= 0.6 is 15.9 Å². The summed E-state index contributed by atoms with van der Waals surface area (Å²) in [6.07, 6.45) is 1.43. The molecule has 0 radical (unpaired) electrons. The lowest BCUT2D eigenvalue weighted by atomic mass is 10.1. The van der Waals surface area contributed by atoms with Crippen molar-refractivity contribution >= 4 is 39.6 Å². The molecule has 0 aliphatic rings. The molecule has 0 atom stereocenters. The number of carbonyl (C=O) groups excluding carboxylic acids is 2. The van der Waals surface area contributed by atoms with E-state index in [4.69, 9.17) is 9.47 Å². The summed E-state index contributed by atoms with van der Waals surface area (Å²) in [4.78, 5) is 24.3. The maximum atomic E-state index is 12.2. The first-order valence-corrected chi connectivity index (χ1v) is 11.9. The summed E-state index contributed by atoms with van der Waals surface area (Å²) in [5.41, 5.74) is 7.63. The zero-order valence-electron chi connectivity index (χ0n) is 20.1. The highest BCUT2D eigenvalue weighted by molar-refractivity contribution is 9.10. The van der Waals surface area contributed by atoms with E-state index in [1.165, 1.54) is 6.21 Å². The fourth-order valence-corrected chi connectivity index (χ4v) is 4.05. The Morgan fingerprint density at radius 3 is 2.37 bits per heavy atom. The molecule has 0 fully saturated rings. The topological polar surface area (TPSA) is 89.0 Å². The van der Waals surface area contributed by atoms with Gasteiger partial charge in [-0.2, -0.15) is 5.10 Å². The van der Waals surface area contributed by atoms with Crippen LogP contribution in [0.15, 0.2) is 64.2 Å². The standard InChI is InChI=1S/C27H28BrN3O4/c1-5-34-24-14-21(13-23(28)25(24)35-16-20-8-6-7-17(2)10-20)15-29-31-27(33)26(32)30-22-11-18(3)9-19(4)12-22/h6-15H,5,16H2,1-4H3,(H,30,32)(H,31,33)/b29-15+. The van der Waals surface area contributed by atoms with Crippen molar-refractivity contribution in [3.63, 3.8) is 0 Å². The number of nitrogens with one attached hydrogen (secondary N) is 2. The molecule has 0 aromatic heterocycles. The summed E-state index contributed by atoms with van der Waals surface area (Å²) in [6, 6.07) is 17.2. The summed E-state index contributed by atoms with van der Waals surface area (Å²) in [5, 5.41) is 6.49. The van der Waals surface area contributed by atoms with Crippen molar-refractivity contribution in [1.29, 1.82) is 0 Å². The van der Waals surface area contributed by atoms with Gasteiger partial charge in [-0.1, -0.05) is 35.9 Å². The molecule has 0 heterocycles. The quantitative estimate of drug-likeness (QED) is 0.227. The van der Waals surface area contributed by atoms with Crippen LogP contribution in [0.4, 0.5) is 5.69 Å². The van der Waals surface area contributed by atoms with Crippen LogP contribution in [0.25, 0.3) is 0 Å². The third-order valence-electron chi connectivity index (χ3n) is 4.86. The van der Waals surface area contributed by atoms with Crippen LogP contribution in [0, 0.1) is 20.8 Å². The number of aryl methyl sites for hydroxylation is 3. The van der Waals surface area contributed by atoms with Gasteiger partial charge in [0, 0.05) is 5.69 Å². The fraction of sp³-hybridized carbons (Fsp3) is 0.222. The molecule has 7 nitrogen and oxygen atoms in total. The molecule has 35 heavy (non-hydrogen) atoms. The van der Waals surface area contributed by atoms with Gasteiger partial charge >= 0.3 is 11.8 Å². The molecule has 0 spiro atoms. The Labute approximate surface area is 213 Å². The lowest BCUT2D eigenvalue weighted by molar-refractivity contribution is -0.136. The molecule has 8 heteroatoms.